The van der Waals surface area contributed by atoms with E-state index in [0.717, 1.165) is 18.7 Å². The summed E-state index contributed by atoms with van der Waals surface area (Å²) in [7, 11) is 0. The number of nitrogens with zero attached hydrogens (tertiary/aromatic N) is 1. The highest BCUT2D eigenvalue weighted by Gasteiger charge is 2.22. The number of carbonyl (C=O) groups is 1. The molecule has 0 bridgehead atoms. The summed E-state index contributed by atoms with van der Waals surface area (Å²) in [5, 5.41) is 3.41. The summed E-state index contributed by atoms with van der Waals surface area (Å²) in [6.45, 7) is 4.34. The van der Waals surface area contributed by atoms with E-state index in [4.69, 9.17) is 5.73 Å². The minimum atomic E-state index is 0.262. The smallest absolute Gasteiger partial charge is 0.137 e. The number of piperidine rings is 1. The second-order valence-electron chi connectivity index (χ2n) is 5.55. The Morgan fingerprint density at radius 3 is 3.16 bits per heavy atom. The molecule has 4 heteroatoms. The Labute approximate surface area is 114 Å². The highest BCUT2D eigenvalue weighted by molar-refractivity contribution is 5.82. The predicted octanol–water partition coefficient (Wildman–Crippen LogP) is 1.80. The average Bonchev–Trinajstić information content (AvgIpc) is 2.42. The molecule has 1 aromatic heterocycles. The number of anilines is 1. The second-order valence-corrected chi connectivity index (χ2v) is 5.55. The van der Waals surface area contributed by atoms with Crippen LogP contribution in [-0.2, 0) is 11.2 Å². The van der Waals surface area contributed by atoms with Gasteiger partial charge < -0.3 is 11.1 Å². The number of hydrogen-bond acceptors (Lipinski definition) is 4. The predicted molar refractivity (Wildman–Crippen MR) is 76.7 cm³/mol. The van der Waals surface area contributed by atoms with Crippen molar-refractivity contribution < 1.29 is 4.79 Å². The molecule has 19 heavy (non-hydrogen) atoms. The SMILES string of the molecule is CC(CC(=O)Cc1cccnc1N)C1CCCNC1. The first-order valence-corrected chi connectivity index (χ1v) is 7.08. The van der Waals surface area contributed by atoms with Gasteiger partial charge in [0.25, 0.3) is 0 Å². The van der Waals surface area contributed by atoms with Crippen LogP contribution in [0.25, 0.3) is 0 Å². The highest BCUT2D eigenvalue weighted by atomic mass is 16.1. The molecular formula is C15H23N3O. The van der Waals surface area contributed by atoms with E-state index in [9.17, 15) is 4.79 Å². The number of rotatable bonds is 5. The van der Waals surface area contributed by atoms with E-state index in [-0.39, 0.29) is 5.78 Å². The van der Waals surface area contributed by atoms with Gasteiger partial charge in [-0.05, 0) is 43.8 Å². The van der Waals surface area contributed by atoms with E-state index in [0.29, 0.717) is 30.5 Å². The maximum Gasteiger partial charge on any atom is 0.137 e. The molecule has 2 atom stereocenters. The first kappa shape index (κ1) is 14.0. The van der Waals surface area contributed by atoms with Gasteiger partial charge in [-0.25, -0.2) is 4.98 Å². The first-order valence-electron chi connectivity index (χ1n) is 7.08. The molecular weight excluding hydrogens is 238 g/mol. The van der Waals surface area contributed by atoms with Crippen LogP contribution in [0.1, 0.15) is 31.7 Å². The van der Waals surface area contributed by atoms with Gasteiger partial charge in [0.15, 0.2) is 0 Å². The fourth-order valence-electron chi connectivity index (χ4n) is 2.78. The molecule has 2 heterocycles. The van der Waals surface area contributed by atoms with Crippen LogP contribution < -0.4 is 11.1 Å². The lowest BCUT2D eigenvalue weighted by Crippen LogP contribution is -2.34. The third kappa shape index (κ3) is 4.03. The maximum absolute atomic E-state index is 12.1. The number of carbonyl (C=O) groups excluding carboxylic acids is 1. The molecule has 0 saturated carbocycles. The van der Waals surface area contributed by atoms with E-state index in [2.05, 4.69) is 17.2 Å². The number of ketones is 1. The molecule has 0 aromatic carbocycles. The molecule has 0 amide bonds. The zero-order chi connectivity index (χ0) is 13.7. The number of aromatic nitrogens is 1. The zero-order valence-corrected chi connectivity index (χ0v) is 11.6. The van der Waals surface area contributed by atoms with Crippen LogP contribution in [0, 0.1) is 11.8 Å². The molecule has 1 saturated heterocycles. The van der Waals surface area contributed by atoms with Crippen molar-refractivity contribution in [2.24, 2.45) is 11.8 Å². The van der Waals surface area contributed by atoms with Crippen molar-refractivity contribution in [2.45, 2.75) is 32.6 Å². The van der Waals surface area contributed by atoms with Crippen molar-refractivity contribution in [2.75, 3.05) is 18.8 Å². The van der Waals surface area contributed by atoms with E-state index < -0.39 is 0 Å². The van der Waals surface area contributed by atoms with Crippen molar-refractivity contribution in [3.05, 3.63) is 23.9 Å². The van der Waals surface area contributed by atoms with Gasteiger partial charge in [-0.1, -0.05) is 13.0 Å². The third-order valence-corrected chi connectivity index (χ3v) is 4.00. The lowest BCUT2D eigenvalue weighted by Gasteiger charge is -2.28. The van der Waals surface area contributed by atoms with Gasteiger partial charge in [0.2, 0.25) is 0 Å². The van der Waals surface area contributed by atoms with Gasteiger partial charge in [0.1, 0.15) is 11.6 Å². The fourth-order valence-corrected chi connectivity index (χ4v) is 2.78. The summed E-state index contributed by atoms with van der Waals surface area (Å²) < 4.78 is 0. The van der Waals surface area contributed by atoms with Crippen LogP contribution in [0.2, 0.25) is 0 Å². The van der Waals surface area contributed by atoms with Crippen molar-refractivity contribution in [3.63, 3.8) is 0 Å². The highest BCUT2D eigenvalue weighted by Crippen LogP contribution is 2.23. The van der Waals surface area contributed by atoms with Crippen LogP contribution in [0.15, 0.2) is 18.3 Å². The molecule has 1 aromatic rings. The van der Waals surface area contributed by atoms with E-state index in [1.165, 1.54) is 12.8 Å². The minimum absolute atomic E-state index is 0.262. The monoisotopic (exact) mass is 261 g/mol. The van der Waals surface area contributed by atoms with Crippen molar-refractivity contribution >= 4 is 11.6 Å². The van der Waals surface area contributed by atoms with Crippen molar-refractivity contribution in [3.8, 4) is 0 Å². The Bertz CT molecular complexity index is 427. The standard InChI is InChI=1S/C15H23N3O/c1-11(13-5-2-6-17-10-13)8-14(19)9-12-4-3-7-18-15(12)16/h3-4,7,11,13,17H,2,5-6,8-10H2,1H3,(H2,16,18). The van der Waals surface area contributed by atoms with E-state index in [1.807, 2.05) is 12.1 Å². The van der Waals surface area contributed by atoms with Gasteiger partial charge in [-0.2, -0.15) is 0 Å². The Morgan fingerprint density at radius 1 is 1.63 bits per heavy atom. The molecule has 1 aliphatic heterocycles. The number of hydrogen-bond donors (Lipinski definition) is 2. The molecule has 104 valence electrons. The van der Waals surface area contributed by atoms with Gasteiger partial charge in [-0.3, -0.25) is 4.79 Å². The Morgan fingerprint density at radius 2 is 2.47 bits per heavy atom. The van der Waals surface area contributed by atoms with Crippen LogP contribution in [0.4, 0.5) is 5.82 Å². The van der Waals surface area contributed by atoms with Crippen LogP contribution in [-0.4, -0.2) is 23.9 Å². The van der Waals surface area contributed by atoms with Crippen LogP contribution >= 0.6 is 0 Å². The van der Waals surface area contributed by atoms with Gasteiger partial charge in [0.05, 0.1) is 0 Å². The number of nitrogens with two attached hydrogens (primary N) is 1. The summed E-state index contributed by atoms with van der Waals surface area (Å²) in [4.78, 5) is 16.1. The number of nitrogen functional groups attached to an aromatic ring is 1. The van der Waals surface area contributed by atoms with E-state index in [1.54, 1.807) is 6.20 Å². The van der Waals surface area contributed by atoms with E-state index >= 15 is 0 Å². The molecule has 4 nitrogen and oxygen atoms in total. The second kappa shape index (κ2) is 6.66. The molecule has 3 N–H and O–H groups in total. The summed E-state index contributed by atoms with van der Waals surface area (Å²) in [6.07, 6.45) is 5.15. The molecule has 2 unspecified atom stereocenters. The Balaban J connectivity index is 1.85. The van der Waals surface area contributed by atoms with Crippen molar-refractivity contribution in [1.82, 2.24) is 10.3 Å². The number of nitrogens with one attached hydrogen (secondary N) is 1. The third-order valence-electron chi connectivity index (χ3n) is 4.00. The first-order chi connectivity index (χ1) is 9.16. The fraction of sp³-hybridized carbons (Fsp3) is 0.600. The van der Waals surface area contributed by atoms with Crippen molar-refractivity contribution in [1.29, 1.82) is 0 Å². The Kier molecular flexibility index (Phi) is 4.91. The zero-order valence-electron chi connectivity index (χ0n) is 11.6. The quantitative estimate of drug-likeness (QED) is 0.848. The van der Waals surface area contributed by atoms with Gasteiger partial charge in [0, 0.05) is 24.6 Å². The summed E-state index contributed by atoms with van der Waals surface area (Å²) in [5.41, 5.74) is 6.62. The molecule has 0 radical (unpaired) electrons. The molecule has 1 fully saturated rings. The Hall–Kier alpha value is -1.42. The summed E-state index contributed by atoms with van der Waals surface area (Å²) in [5.74, 6) is 1.81. The number of Topliss-reactive ketones (excluding diaryl/α,β-unsaturated/α-hetero) is 1. The van der Waals surface area contributed by atoms with Gasteiger partial charge >= 0.3 is 0 Å². The number of pyridine rings is 1. The summed E-state index contributed by atoms with van der Waals surface area (Å²) in [6, 6.07) is 3.71. The lowest BCUT2D eigenvalue weighted by molar-refractivity contribution is -0.119. The molecule has 1 aliphatic rings. The van der Waals surface area contributed by atoms with Crippen LogP contribution in [0.3, 0.4) is 0 Å². The largest absolute Gasteiger partial charge is 0.383 e. The molecule has 2 rings (SSSR count). The normalized spacial score (nSPS) is 21.0. The van der Waals surface area contributed by atoms with Gasteiger partial charge in [-0.15, -0.1) is 0 Å². The van der Waals surface area contributed by atoms with Crippen LogP contribution in [0.5, 0.6) is 0 Å². The molecule has 0 spiro atoms. The topological polar surface area (TPSA) is 68.0 Å². The molecule has 0 aliphatic carbocycles. The average molecular weight is 261 g/mol. The lowest BCUT2D eigenvalue weighted by atomic mass is 9.84. The maximum atomic E-state index is 12.1. The summed E-state index contributed by atoms with van der Waals surface area (Å²) >= 11 is 0. The minimum Gasteiger partial charge on any atom is -0.383 e.